The highest BCUT2D eigenvalue weighted by atomic mass is 32.2. The van der Waals surface area contributed by atoms with Crippen LogP contribution in [0.5, 0.6) is 0 Å². The van der Waals surface area contributed by atoms with Crippen molar-refractivity contribution < 1.29 is 9.53 Å². The number of nitrogens with one attached hydrogen (secondary N) is 1. The largest absolute Gasteiger partial charge is 0.378 e. The van der Waals surface area contributed by atoms with Gasteiger partial charge in [0.2, 0.25) is 0 Å². The lowest BCUT2D eigenvalue weighted by atomic mass is 10.2. The Morgan fingerprint density at radius 3 is 2.66 bits per heavy atom. The van der Waals surface area contributed by atoms with E-state index in [1.807, 2.05) is 11.1 Å². The van der Waals surface area contributed by atoms with Gasteiger partial charge >= 0.3 is 6.03 Å². The number of carbonyl (C=O) groups is 1. The van der Waals surface area contributed by atoms with Gasteiger partial charge in [-0.3, -0.25) is 9.12 Å². The fourth-order valence-corrected chi connectivity index (χ4v) is 4.43. The maximum absolute atomic E-state index is 12.3. The molecular weight excluding hydrogens is 388 g/mol. The minimum Gasteiger partial charge on any atom is -0.378 e. The Balaban J connectivity index is 1.59. The summed E-state index contributed by atoms with van der Waals surface area (Å²) in [5, 5.41) is 0. The van der Waals surface area contributed by atoms with Crippen molar-refractivity contribution in [2.75, 3.05) is 52.3 Å². The number of pyridine rings is 1. The molecule has 1 aliphatic heterocycles. The van der Waals surface area contributed by atoms with Crippen LogP contribution in [0.3, 0.4) is 0 Å². The average Bonchev–Trinajstić information content (AvgIpc) is 3.33. The number of aromatic nitrogens is 2. The molecule has 158 valence electrons. The molecule has 29 heavy (non-hydrogen) atoms. The Morgan fingerprint density at radius 2 is 2.03 bits per heavy atom. The van der Waals surface area contributed by atoms with Gasteiger partial charge in [0, 0.05) is 64.0 Å². The molecule has 0 unspecified atom stereocenters. The smallest absolute Gasteiger partial charge is 0.319 e. The number of amides is 2. The Kier molecular flexibility index (Phi) is 5.63. The van der Waals surface area contributed by atoms with Crippen LogP contribution in [0.1, 0.15) is 25.5 Å². The number of hydrogen-bond acceptors (Lipinski definition) is 6. The van der Waals surface area contributed by atoms with Crippen molar-refractivity contribution in [2.24, 2.45) is 0 Å². The standard InChI is InChI=1S/C20H30N6O2S/c1-20(5-6-20)22-29-16-11-17(18-21-12-15(14-28-4)26(18)13-16)24-7-9-25(10-8-24)19(27)23(2)3/h11-13,22H,5-10,14H2,1-4H3. The Morgan fingerprint density at radius 1 is 1.31 bits per heavy atom. The van der Waals surface area contributed by atoms with Gasteiger partial charge in [-0.15, -0.1) is 0 Å². The van der Waals surface area contributed by atoms with Crippen LogP contribution in [0.2, 0.25) is 0 Å². The van der Waals surface area contributed by atoms with E-state index in [2.05, 4.69) is 38.2 Å². The third-order valence-corrected chi connectivity index (χ3v) is 6.67. The topological polar surface area (TPSA) is 65.4 Å². The Bertz CT molecular complexity index is 886. The highest BCUT2D eigenvalue weighted by molar-refractivity contribution is 7.97. The van der Waals surface area contributed by atoms with E-state index in [1.165, 1.54) is 12.8 Å². The molecule has 3 heterocycles. The molecule has 8 nitrogen and oxygen atoms in total. The fraction of sp³-hybridized carbons (Fsp3) is 0.600. The number of anilines is 1. The van der Waals surface area contributed by atoms with Crippen LogP contribution in [0.4, 0.5) is 10.5 Å². The number of rotatable bonds is 6. The summed E-state index contributed by atoms with van der Waals surface area (Å²) in [6, 6.07) is 2.29. The summed E-state index contributed by atoms with van der Waals surface area (Å²) >= 11 is 1.69. The van der Waals surface area contributed by atoms with Crippen molar-refractivity contribution in [2.45, 2.75) is 36.8 Å². The van der Waals surface area contributed by atoms with Crippen molar-refractivity contribution in [1.82, 2.24) is 23.9 Å². The van der Waals surface area contributed by atoms with Gasteiger partial charge in [-0.2, -0.15) is 0 Å². The quantitative estimate of drug-likeness (QED) is 0.727. The number of urea groups is 1. The molecule has 2 fully saturated rings. The van der Waals surface area contributed by atoms with E-state index in [1.54, 1.807) is 38.1 Å². The molecule has 2 aromatic rings. The van der Waals surface area contributed by atoms with Crippen molar-refractivity contribution in [3.05, 3.63) is 24.2 Å². The number of ether oxygens (including phenoxy) is 1. The Labute approximate surface area is 176 Å². The molecule has 2 amide bonds. The van der Waals surface area contributed by atoms with Crippen molar-refractivity contribution in [1.29, 1.82) is 0 Å². The number of nitrogens with zero attached hydrogens (tertiary/aromatic N) is 5. The normalized spacial score (nSPS) is 18.3. The minimum absolute atomic E-state index is 0.0733. The van der Waals surface area contributed by atoms with Gasteiger partial charge in [-0.25, -0.2) is 9.78 Å². The van der Waals surface area contributed by atoms with E-state index in [4.69, 9.17) is 4.74 Å². The highest BCUT2D eigenvalue weighted by Gasteiger charge is 2.37. The number of hydrogen-bond donors (Lipinski definition) is 1. The monoisotopic (exact) mass is 418 g/mol. The molecule has 2 aliphatic rings. The molecule has 1 N–H and O–H groups in total. The molecule has 0 aromatic carbocycles. The van der Waals surface area contributed by atoms with Crippen LogP contribution >= 0.6 is 11.9 Å². The summed E-state index contributed by atoms with van der Waals surface area (Å²) in [6.07, 6.45) is 6.46. The van der Waals surface area contributed by atoms with Crippen LogP contribution in [-0.2, 0) is 11.3 Å². The molecule has 0 spiro atoms. The lowest BCUT2D eigenvalue weighted by Gasteiger charge is -2.37. The summed E-state index contributed by atoms with van der Waals surface area (Å²) in [5.74, 6) is 0. The molecule has 0 radical (unpaired) electrons. The first-order chi connectivity index (χ1) is 13.9. The number of imidazole rings is 1. The van der Waals surface area contributed by atoms with Gasteiger partial charge in [0.15, 0.2) is 5.65 Å². The van der Waals surface area contributed by atoms with Gasteiger partial charge in [-0.1, -0.05) is 0 Å². The summed E-state index contributed by atoms with van der Waals surface area (Å²) in [4.78, 5) is 24.0. The molecule has 9 heteroatoms. The number of methoxy groups -OCH3 is 1. The van der Waals surface area contributed by atoms with Crippen LogP contribution in [0, 0.1) is 0 Å². The van der Waals surface area contributed by atoms with Gasteiger partial charge in [0.05, 0.1) is 24.2 Å². The Hall–Kier alpha value is -1.97. The summed E-state index contributed by atoms with van der Waals surface area (Å²) in [5.41, 5.74) is 3.33. The van der Waals surface area contributed by atoms with E-state index >= 15 is 0 Å². The van der Waals surface area contributed by atoms with E-state index in [0.717, 1.165) is 35.0 Å². The first-order valence-corrected chi connectivity index (χ1v) is 10.9. The molecule has 2 aromatic heterocycles. The van der Waals surface area contributed by atoms with Gasteiger partial charge in [0.25, 0.3) is 0 Å². The van der Waals surface area contributed by atoms with Gasteiger partial charge < -0.3 is 19.4 Å². The van der Waals surface area contributed by atoms with E-state index in [-0.39, 0.29) is 11.6 Å². The fourth-order valence-electron chi connectivity index (χ4n) is 3.53. The predicted molar refractivity (Wildman–Crippen MR) is 115 cm³/mol. The maximum Gasteiger partial charge on any atom is 0.319 e. The molecule has 1 saturated carbocycles. The van der Waals surface area contributed by atoms with E-state index in [0.29, 0.717) is 19.7 Å². The molecule has 1 aliphatic carbocycles. The number of piperazine rings is 1. The van der Waals surface area contributed by atoms with Gasteiger partial charge in [-0.05, 0) is 37.8 Å². The average molecular weight is 419 g/mol. The molecule has 0 bridgehead atoms. The predicted octanol–water partition coefficient (Wildman–Crippen LogP) is 2.43. The summed E-state index contributed by atoms with van der Waals surface area (Å²) in [6.45, 7) is 5.78. The van der Waals surface area contributed by atoms with Crippen molar-refractivity contribution in [3.8, 4) is 0 Å². The second kappa shape index (κ2) is 8.04. The zero-order valence-corrected chi connectivity index (χ0v) is 18.5. The molecule has 4 rings (SSSR count). The van der Waals surface area contributed by atoms with E-state index in [9.17, 15) is 4.79 Å². The molecule has 0 atom stereocenters. The molecular formula is C20H30N6O2S. The number of carbonyl (C=O) groups excluding carboxylic acids is 1. The van der Waals surface area contributed by atoms with Crippen molar-refractivity contribution in [3.63, 3.8) is 0 Å². The maximum atomic E-state index is 12.3. The highest BCUT2D eigenvalue weighted by Crippen LogP contribution is 2.38. The lowest BCUT2D eigenvalue weighted by Crippen LogP contribution is -2.51. The SMILES string of the molecule is COCc1cnc2c(N3CCN(C(=O)N(C)C)CC3)cc(SNC3(C)CC3)cn12. The van der Waals surface area contributed by atoms with E-state index < -0.39 is 0 Å². The second-order valence-corrected chi connectivity index (χ2v) is 9.23. The third-order valence-electron chi connectivity index (χ3n) is 5.62. The van der Waals surface area contributed by atoms with Crippen LogP contribution in [0.25, 0.3) is 5.65 Å². The number of fused-ring (bicyclic) bond motifs is 1. The first-order valence-electron chi connectivity index (χ1n) is 10.0. The minimum atomic E-state index is 0.0733. The summed E-state index contributed by atoms with van der Waals surface area (Å²) in [7, 11) is 5.30. The van der Waals surface area contributed by atoms with Crippen LogP contribution in [0.15, 0.2) is 23.4 Å². The third kappa shape index (κ3) is 4.31. The van der Waals surface area contributed by atoms with Crippen LogP contribution < -0.4 is 9.62 Å². The zero-order chi connectivity index (χ0) is 20.6. The summed E-state index contributed by atoms with van der Waals surface area (Å²) < 4.78 is 11.1. The second-order valence-electron chi connectivity index (χ2n) is 8.35. The zero-order valence-electron chi connectivity index (χ0n) is 17.6. The lowest BCUT2D eigenvalue weighted by molar-refractivity contribution is 0.168. The first kappa shape index (κ1) is 20.3. The van der Waals surface area contributed by atoms with Crippen molar-refractivity contribution >= 4 is 29.3 Å². The van der Waals surface area contributed by atoms with Crippen LogP contribution in [-0.4, -0.2) is 78.1 Å². The molecule has 1 saturated heterocycles. The van der Waals surface area contributed by atoms with Gasteiger partial charge in [0.1, 0.15) is 0 Å².